The zero-order chi connectivity index (χ0) is 26.7. The van der Waals surface area contributed by atoms with Crippen molar-refractivity contribution in [1.29, 1.82) is 0 Å². The minimum absolute atomic E-state index is 0.353. The topological polar surface area (TPSA) is 73.9 Å². The van der Waals surface area contributed by atoms with Crippen LogP contribution in [-0.4, -0.2) is 30.0 Å². The molecule has 1 atom stereocenters. The number of amides is 2. The summed E-state index contributed by atoms with van der Waals surface area (Å²) in [5.41, 5.74) is 5.01. The number of fused-ring (bicyclic) bond motifs is 1. The van der Waals surface area contributed by atoms with Crippen LogP contribution in [0.5, 0.6) is 17.2 Å². The average molecular weight is 589 g/mol. The number of carbonyl (C=O) groups is 2. The molecular formula is C29H34BrNO5S. The normalized spacial score (nSPS) is 20.0. The molecule has 1 saturated heterocycles. The molecule has 6 nitrogen and oxygen atoms in total. The van der Waals surface area contributed by atoms with Gasteiger partial charge in [0.05, 0.1) is 16.0 Å². The van der Waals surface area contributed by atoms with E-state index in [1.165, 1.54) is 24.0 Å². The fourth-order valence-electron chi connectivity index (χ4n) is 4.65. The van der Waals surface area contributed by atoms with Gasteiger partial charge in [0.15, 0.2) is 0 Å². The van der Waals surface area contributed by atoms with Crippen LogP contribution in [0.3, 0.4) is 0 Å². The quantitative estimate of drug-likeness (QED) is 0.243. The van der Waals surface area contributed by atoms with Crippen molar-refractivity contribution in [3.63, 3.8) is 0 Å². The van der Waals surface area contributed by atoms with Crippen molar-refractivity contribution in [1.82, 2.24) is 5.32 Å². The molecule has 2 heterocycles. The van der Waals surface area contributed by atoms with Crippen molar-refractivity contribution in [2.24, 2.45) is 0 Å². The summed E-state index contributed by atoms with van der Waals surface area (Å²) in [6, 6.07) is 5.59. The molecule has 1 fully saturated rings. The second-order valence-electron chi connectivity index (χ2n) is 9.95. The van der Waals surface area contributed by atoms with Crippen LogP contribution >= 0.6 is 27.7 Å². The lowest BCUT2D eigenvalue weighted by atomic mass is 9.87. The molecule has 2 aromatic carbocycles. The number of benzene rings is 2. The molecule has 37 heavy (non-hydrogen) atoms. The molecule has 8 heteroatoms. The Morgan fingerprint density at radius 3 is 2.59 bits per heavy atom. The molecule has 4 rings (SSSR count). The Balaban J connectivity index is 1.45. The molecule has 1 unspecified atom stereocenters. The molecule has 0 aromatic heterocycles. The van der Waals surface area contributed by atoms with E-state index in [2.05, 4.69) is 55.9 Å². The minimum Gasteiger partial charge on any atom is -0.493 e. The van der Waals surface area contributed by atoms with E-state index in [1.807, 2.05) is 18.2 Å². The van der Waals surface area contributed by atoms with Gasteiger partial charge < -0.3 is 14.2 Å². The first-order chi connectivity index (χ1) is 17.6. The van der Waals surface area contributed by atoms with Crippen molar-refractivity contribution >= 4 is 44.9 Å². The first-order valence-electron chi connectivity index (χ1n) is 12.7. The first kappa shape index (κ1) is 27.6. The van der Waals surface area contributed by atoms with Gasteiger partial charge in [0.1, 0.15) is 29.5 Å². The highest BCUT2D eigenvalue weighted by molar-refractivity contribution is 9.10. The van der Waals surface area contributed by atoms with Gasteiger partial charge in [0.25, 0.3) is 11.1 Å². The summed E-state index contributed by atoms with van der Waals surface area (Å²) in [5.74, 6) is 2.28. The average Bonchev–Trinajstić information content (AvgIpc) is 3.17. The van der Waals surface area contributed by atoms with Gasteiger partial charge in [-0.05, 0) is 115 Å². The molecule has 198 valence electrons. The van der Waals surface area contributed by atoms with Crippen LogP contribution < -0.4 is 19.5 Å². The van der Waals surface area contributed by atoms with E-state index in [0.717, 1.165) is 70.3 Å². The van der Waals surface area contributed by atoms with Crippen LogP contribution in [0.1, 0.15) is 67.3 Å². The van der Waals surface area contributed by atoms with Gasteiger partial charge in [0.2, 0.25) is 0 Å². The van der Waals surface area contributed by atoms with E-state index in [4.69, 9.17) is 14.2 Å². The lowest BCUT2D eigenvalue weighted by Crippen LogP contribution is -2.42. The van der Waals surface area contributed by atoms with Gasteiger partial charge in [-0.15, -0.1) is 0 Å². The Morgan fingerprint density at radius 2 is 1.92 bits per heavy atom. The maximum Gasteiger partial charge on any atom is 0.290 e. The fraction of sp³-hybridized carbons (Fsp3) is 0.448. The monoisotopic (exact) mass is 587 g/mol. The molecule has 2 amide bonds. The largest absolute Gasteiger partial charge is 0.493 e. The van der Waals surface area contributed by atoms with Gasteiger partial charge >= 0.3 is 0 Å². The first-order valence-corrected chi connectivity index (χ1v) is 14.3. The minimum atomic E-state index is -0.473. The molecule has 0 spiro atoms. The maximum absolute atomic E-state index is 11.8. The van der Waals surface area contributed by atoms with Crippen molar-refractivity contribution < 1.29 is 23.8 Å². The van der Waals surface area contributed by atoms with Gasteiger partial charge in [-0.1, -0.05) is 25.8 Å². The number of nitrogens with one attached hydrogen (secondary N) is 1. The van der Waals surface area contributed by atoms with Gasteiger partial charge in [-0.2, -0.15) is 0 Å². The van der Waals surface area contributed by atoms with E-state index >= 15 is 0 Å². The molecule has 2 aliphatic heterocycles. The summed E-state index contributed by atoms with van der Waals surface area (Å²) in [6.07, 6.45) is 6.85. The lowest BCUT2D eigenvalue weighted by Gasteiger charge is -2.38. The molecule has 2 aliphatic rings. The Bertz CT molecular complexity index is 1260. The number of carbonyl (C=O) groups excluding carboxylic acids is 2. The molecule has 1 N–H and O–H groups in total. The van der Waals surface area contributed by atoms with Crippen molar-refractivity contribution in [3.05, 3.63) is 55.4 Å². The molecule has 0 bridgehead atoms. The fourth-order valence-corrected chi connectivity index (χ4v) is 5.85. The van der Waals surface area contributed by atoms with Gasteiger partial charge in [-0.3, -0.25) is 14.9 Å². The molecule has 0 radical (unpaired) electrons. The van der Waals surface area contributed by atoms with Crippen LogP contribution in [0.4, 0.5) is 4.79 Å². The number of ether oxygens (including phenoxy) is 3. The molecule has 0 aliphatic carbocycles. The van der Waals surface area contributed by atoms with Crippen molar-refractivity contribution in [3.8, 4) is 17.2 Å². The number of thioether (sulfide) groups is 1. The molecular weight excluding hydrogens is 554 g/mol. The van der Waals surface area contributed by atoms with E-state index in [9.17, 15) is 9.59 Å². The Kier molecular flexibility index (Phi) is 8.59. The third-order valence-corrected chi connectivity index (χ3v) is 8.42. The van der Waals surface area contributed by atoms with E-state index in [1.54, 1.807) is 6.08 Å². The maximum atomic E-state index is 11.8. The second kappa shape index (κ2) is 11.5. The van der Waals surface area contributed by atoms with E-state index in [0.29, 0.717) is 17.3 Å². The number of unbranched alkanes of at least 4 members (excludes halogenated alkanes) is 2. The van der Waals surface area contributed by atoms with Crippen LogP contribution in [-0.2, 0) is 11.2 Å². The molecule has 2 aromatic rings. The summed E-state index contributed by atoms with van der Waals surface area (Å²) < 4.78 is 19.8. The third-order valence-electron chi connectivity index (χ3n) is 6.99. The Hall–Kier alpha value is -2.45. The highest BCUT2D eigenvalue weighted by Gasteiger charge is 2.36. The van der Waals surface area contributed by atoms with Crippen LogP contribution in [0.15, 0.2) is 27.6 Å². The third kappa shape index (κ3) is 6.17. The molecule has 0 saturated carbocycles. The van der Waals surface area contributed by atoms with E-state index in [-0.39, 0.29) is 11.1 Å². The zero-order valence-corrected chi connectivity index (χ0v) is 24.5. The standard InChI is InChI=1S/C29H34BrNO5S/c1-6-7-8-13-34-25-17(2)18(3)26-21(19(25)4)11-12-29(5,36-26)16-35-23-10-9-20(14-22(23)30)15-24-27(32)31-28(33)37-24/h9-10,14-15H,6-8,11-13,16H2,1-5H3,(H,31,32,33). The second-order valence-corrected chi connectivity index (χ2v) is 11.8. The summed E-state index contributed by atoms with van der Waals surface area (Å²) in [5, 5.41) is 1.91. The number of hydrogen-bond acceptors (Lipinski definition) is 6. The van der Waals surface area contributed by atoms with Crippen LogP contribution in [0, 0.1) is 20.8 Å². The van der Waals surface area contributed by atoms with Crippen molar-refractivity contribution in [2.45, 2.75) is 72.3 Å². The SMILES string of the molecule is CCCCCOc1c(C)c(C)c2c(c1C)CCC(C)(COc1ccc(C=C3SC(=O)NC3=O)cc1Br)O2. The number of hydrogen-bond donors (Lipinski definition) is 1. The van der Waals surface area contributed by atoms with Crippen LogP contribution in [0.2, 0.25) is 0 Å². The summed E-state index contributed by atoms with van der Waals surface area (Å²) in [7, 11) is 0. The van der Waals surface area contributed by atoms with Gasteiger partial charge in [-0.25, -0.2) is 0 Å². The predicted molar refractivity (Wildman–Crippen MR) is 152 cm³/mol. The Morgan fingerprint density at radius 1 is 1.14 bits per heavy atom. The number of halogens is 1. The number of rotatable bonds is 9. The van der Waals surface area contributed by atoms with Crippen molar-refractivity contribution in [2.75, 3.05) is 13.2 Å². The smallest absolute Gasteiger partial charge is 0.290 e. The lowest BCUT2D eigenvalue weighted by molar-refractivity contribution is -0.115. The number of imide groups is 1. The summed E-state index contributed by atoms with van der Waals surface area (Å²) in [6.45, 7) is 11.8. The zero-order valence-electron chi connectivity index (χ0n) is 22.1. The highest BCUT2D eigenvalue weighted by Crippen LogP contribution is 2.44. The Labute approximate surface area is 231 Å². The highest BCUT2D eigenvalue weighted by atomic mass is 79.9. The van der Waals surface area contributed by atoms with Gasteiger partial charge in [0, 0.05) is 5.56 Å². The summed E-state index contributed by atoms with van der Waals surface area (Å²) >= 11 is 4.48. The van der Waals surface area contributed by atoms with Crippen LogP contribution in [0.25, 0.3) is 6.08 Å². The predicted octanol–water partition coefficient (Wildman–Crippen LogP) is 7.43. The van der Waals surface area contributed by atoms with E-state index < -0.39 is 5.60 Å². The summed E-state index contributed by atoms with van der Waals surface area (Å²) in [4.78, 5) is 23.6.